The van der Waals surface area contributed by atoms with Gasteiger partial charge in [0, 0.05) is 11.6 Å². The highest BCUT2D eigenvalue weighted by molar-refractivity contribution is 5.86. The number of carboxylic acids is 1. The Kier molecular flexibility index (Phi) is 2.57. The van der Waals surface area contributed by atoms with Gasteiger partial charge in [0.2, 0.25) is 0 Å². The van der Waals surface area contributed by atoms with Crippen molar-refractivity contribution in [3.8, 4) is 17.0 Å². The number of benzene rings is 1. The largest absolute Gasteiger partial charge is 0.476 e. The van der Waals surface area contributed by atoms with E-state index in [1.54, 1.807) is 23.1 Å². The van der Waals surface area contributed by atoms with Crippen molar-refractivity contribution in [1.29, 1.82) is 0 Å². The summed E-state index contributed by atoms with van der Waals surface area (Å²) in [7, 11) is 0. The molecule has 0 saturated heterocycles. The molecule has 0 aliphatic heterocycles. The zero-order valence-corrected chi connectivity index (χ0v) is 9.59. The minimum absolute atomic E-state index is 0.136. The highest BCUT2D eigenvalue weighted by atomic mass is 16.5. The van der Waals surface area contributed by atoms with E-state index in [9.17, 15) is 4.79 Å². The number of aromatic nitrogens is 4. The molecular formula is C12H8N4O3. The van der Waals surface area contributed by atoms with Gasteiger partial charge in [-0.1, -0.05) is 22.5 Å². The molecule has 19 heavy (non-hydrogen) atoms. The lowest BCUT2D eigenvalue weighted by molar-refractivity contribution is 0.0686. The topological polar surface area (TPSA) is 94.0 Å². The van der Waals surface area contributed by atoms with E-state index in [1.807, 2.05) is 18.2 Å². The summed E-state index contributed by atoms with van der Waals surface area (Å²) in [5.41, 5.74) is 1.28. The second kappa shape index (κ2) is 4.37. The maximum atomic E-state index is 10.8. The van der Waals surface area contributed by atoms with E-state index in [-0.39, 0.29) is 5.69 Å². The molecule has 1 N–H and O–H groups in total. The van der Waals surface area contributed by atoms with Crippen molar-refractivity contribution in [2.75, 3.05) is 0 Å². The normalized spacial score (nSPS) is 10.5. The molecule has 7 nitrogen and oxygen atoms in total. The standard InChI is InChI=1S/C12H8N4O3/c17-12(18)9-7-11(19-14-9)8-3-1-2-4-10(8)16-6-5-13-15-16/h1-7H,(H,17,18). The molecule has 1 aromatic carbocycles. The van der Waals surface area contributed by atoms with E-state index in [2.05, 4.69) is 15.5 Å². The molecule has 7 heteroatoms. The predicted octanol–water partition coefficient (Wildman–Crippen LogP) is 1.62. The number of hydrogen-bond donors (Lipinski definition) is 1. The van der Waals surface area contributed by atoms with E-state index in [4.69, 9.17) is 9.63 Å². The van der Waals surface area contributed by atoms with Crippen LogP contribution in [0.1, 0.15) is 10.5 Å². The van der Waals surface area contributed by atoms with Crippen LogP contribution in [-0.4, -0.2) is 31.2 Å². The van der Waals surface area contributed by atoms with Crippen molar-refractivity contribution in [3.05, 3.63) is 48.4 Å². The van der Waals surface area contributed by atoms with Crippen LogP contribution in [0.5, 0.6) is 0 Å². The van der Waals surface area contributed by atoms with Crippen LogP contribution in [-0.2, 0) is 0 Å². The average Bonchev–Trinajstić information content (AvgIpc) is 3.10. The van der Waals surface area contributed by atoms with Gasteiger partial charge in [0.25, 0.3) is 0 Å². The van der Waals surface area contributed by atoms with Gasteiger partial charge in [0.1, 0.15) is 0 Å². The van der Waals surface area contributed by atoms with Gasteiger partial charge < -0.3 is 9.63 Å². The van der Waals surface area contributed by atoms with E-state index < -0.39 is 5.97 Å². The molecular weight excluding hydrogens is 248 g/mol. The molecule has 2 heterocycles. The van der Waals surface area contributed by atoms with Crippen LogP contribution < -0.4 is 0 Å². The van der Waals surface area contributed by atoms with Crippen LogP contribution in [0.2, 0.25) is 0 Å². The van der Waals surface area contributed by atoms with Crippen molar-refractivity contribution in [3.63, 3.8) is 0 Å². The van der Waals surface area contributed by atoms with Gasteiger partial charge in [-0.3, -0.25) is 0 Å². The van der Waals surface area contributed by atoms with E-state index in [0.29, 0.717) is 11.3 Å². The van der Waals surface area contributed by atoms with Crippen LogP contribution in [0.4, 0.5) is 0 Å². The Balaban J connectivity index is 2.12. The minimum Gasteiger partial charge on any atom is -0.476 e. The minimum atomic E-state index is -1.13. The monoisotopic (exact) mass is 256 g/mol. The fourth-order valence-electron chi connectivity index (χ4n) is 1.72. The van der Waals surface area contributed by atoms with Crippen LogP contribution in [0.3, 0.4) is 0 Å². The Morgan fingerprint density at radius 1 is 1.32 bits per heavy atom. The third-order valence-corrected chi connectivity index (χ3v) is 2.57. The number of hydrogen-bond acceptors (Lipinski definition) is 5. The number of aromatic carboxylic acids is 1. The van der Waals surface area contributed by atoms with Crippen molar-refractivity contribution in [2.45, 2.75) is 0 Å². The van der Waals surface area contributed by atoms with Gasteiger partial charge in [0.05, 0.1) is 18.1 Å². The first-order chi connectivity index (χ1) is 9.25. The molecule has 0 atom stereocenters. The fraction of sp³-hybridized carbons (Fsp3) is 0. The molecule has 94 valence electrons. The number of para-hydroxylation sites is 1. The van der Waals surface area contributed by atoms with Gasteiger partial charge in [-0.2, -0.15) is 0 Å². The number of carboxylic acid groups (broad SMARTS) is 1. The van der Waals surface area contributed by atoms with Crippen molar-refractivity contribution in [2.24, 2.45) is 0 Å². The lowest BCUT2D eigenvalue weighted by Crippen LogP contribution is -1.97. The molecule has 0 saturated carbocycles. The first kappa shape index (κ1) is 11.1. The molecule has 0 bridgehead atoms. The summed E-state index contributed by atoms with van der Waals surface area (Å²) in [5.74, 6) is -0.767. The Bertz CT molecular complexity index is 718. The zero-order chi connectivity index (χ0) is 13.2. The summed E-state index contributed by atoms with van der Waals surface area (Å²) < 4.78 is 6.63. The SMILES string of the molecule is O=C(O)c1cc(-c2ccccc2-n2ccnn2)on1. The summed E-state index contributed by atoms with van der Waals surface area (Å²) in [6, 6.07) is 8.65. The molecule has 0 amide bonds. The van der Waals surface area contributed by atoms with Crippen molar-refractivity contribution in [1.82, 2.24) is 20.2 Å². The second-order valence-electron chi connectivity index (χ2n) is 3.75. The third kappa shape index (κ3) is 1.97. The Labute approximate surface area is 107 Å². The smallest absolute Gasteiger partial charge is 0.358 e. The van der Waals surface area contributed by atoms with E-state index >= 15 is 0 Å². The molecule has 0 fully saturated rings. The van der Waals surface area contributed by atoms with Gasteiger partial charge in [-0.25, -0.2) is 9.48 Å². The summed E-state index contributed by atoms with van der Waals surface area (Å²) >= 11 is 0. The third-order valence-electron chi connectivity index (χ3n) is 2.57. The molecule has 0 aliphatic carbocycles. The molecule has 3 rings (SSSR count). The second-order valence-corrected chi connectivity index (χ2v) is 3.75. The molecule has 3 aromatic rings. The van der Waals surface area contributed by atoms with Crippen molar-refractivity contribution < 1.29 is 14.4 Å². The molecule has 2 aromatic heterocycles. The Morgan fingerprint density at radius 3 is 2.84 bits per heavy atom. The Morgan fingerprint density at radius 2 is 2.16 bits per heavy atom. The maximum absolute atomic E-state index is 10.8. The summed E-state index contributed by atoms with van der Waals surface area (Å²) in [6.07, 6.45) is 3.24. The van der Waals surface area contributed by atoms with Crippen LogP contribution in [0.25, 0.3) is 17.0 Å². The lowest BCUT2D eigenvalue weighted by Gasteiger charge is -2.04. The van der Waals surface area contributed by atoms with E-state index in [0.717, 1.165) is 5.69 Å². The van der Waals surface area contributed by atoms with Gasteiger partial charge in [0.15, 0.2) is 11.5 Å². The molecule has 0 spiro atoms. The number of nitrogens with zero attached hydrogens (tertiary/aromatic N) is 4. The highest BCUT2D eigenvalue weighted by Gasteiger charge is 2.15. The molecule has 0 aliphatic rings. The fourth-order valence-corrected chi connectivity index (χ4v) is 1.72. The van der Waals surface area contributed by atoms with Crippen LogP contribution >= 0.6 is 0 Å². The Hall–Kier alpha value is -2.96. The van der Waals surface area contributed by atoms with Gasteiger partial charge >= 0.3 is 5.97 Å². The van der Waals surface area contributed by atoms with Gasteiger partial charge in [-0.05, 0) is 12.1 Å². The summed E-state index contributed by atoms with van der Waals surface area (Å²) in [6.45, 7) is 0. The average molecular weight is 256 g/mol. The number of rotatable bonds is 3. The molecule has 0 radical (unpaired) electrons. The zero-order valence-electron chi connectivity index (χ0n) is 9.59. The first-order valence-corrected chi connectivity index (χ1v) is 5.42. The predicted molar refractivity (Wildman–Crippen MR) is 63.8 cm³/mol. The number of carbonyl (C=O) groups is 1. The van der Waals surface area contributed by atoms with Crippen LogP contribution in [0.15, 0.2) is 47.2 Å². The first-order valence-electron chi connectivity index (χ1n) is 5.42. The maximum Gasteiger partial charge on any atom is 0.358 e. The molecule has 0 unspecified atom stereocenters. The summed E-state index contributed by atoms with van der Waals surface area (Å²) in [4.78, 5) is 10.8. The summed E-state index contributed by atoms with van der Waals surface area (Å²) in [5, 5.41) is 20.0. The van der Waals surface area contributed by atoms with E-state index in [1.165, 1.54) is 6.07 Å². The van der Waals surface area contributed by atoms with Crippen LogP contribution in [0, 0.1) is 0 Å². The van der Waals surface area contributed by atoms with Crippen molar-refractivity contribution >= 4 is 5.97 Å². The lowest BCUT2D eigenvalue weighted by atomic mass is 10.1. The van der Waals surface area contributed by atoms with Gasteiger partial charge in [-0.15, -0.1) is 5.10 Å². The highest BCUT2D eigenvalue weighted by Crippen LogP contribution is 2.26. The quantitative estimate of drug-likeness (QED) is 0.765.